The molecule has 156 valence electrons. The summed E-state index contributed by atoms with van der Waals surface area (Å²) in [6, 6.07) is 12.8. The summed E-state index contributed by atoms with van der Waals surface area (Å²) >= 11 is 0. The first-order chi connectivity index (χ1) is 13.9. The van der Waals surface area contributed by atoms with Crippen molar-refractivity contribution in [2.75, 3.05) is 27.4 Å². The van der Waals surface area contributed by atoms with Gasteiger partial charge in [0.15, 0.2) is 0 Å². The van der Waals surface area contributed by atoms with E-state index in [0.717, 1.165) is 12.8 Å². The van der Waals surface area contributed by atoms with Crippen LogP contribution in [-0.2, 0) is 26.2 Å². The lowest BCUT2D eigenvalue weighted by molar-refractivity contribution is -0.136. The average Bonchev–Trinajstić information content (AvgIpc) is 3.53. The maximum atomic E-state index is 12.7. The average molecular weight is 419 g/mol. The van der Waals surface area contributed by atoms with Gasteiger partial charge in [-0.15, -0.1) is 0 Å². The van der Waals surface area contributed by atoms with Gasteiger partial charge in [0.05, 0.1) is 7.11 Å². The molecule has 0 unspecified atom stereocenters. The van der Waals surface area contributed by atoms with Gasteiger partial charge in [0.25, 0.3) is 0 Å². The number of rotatable bonds is 10. The lowest BCUT2D eigenvalue weighted by Gasteiger charge is -2.23. The predicted octanol–water partition coefficient (Wildman–Crippen LogP) is 2.85. The second kappa shape index (κ2) is 9.28. The number of carbonyl (C=O) groups is 1. The number of benzene rings is 2. The molecule has 1 fully saturated rings. The van der Waals surface area contributed by atoms with Crippen LogP contribution in [0.5, 0.6) is 11.5 Å². The Hall–Kier alpha value is -2.58. The van der Waals surface area contributed by atoms with Crippen molar-refractivity contribution in [2.24, 2.45) is 5.92 Å². The van der Waals surface area contributed by atoms with Crippen LogP contribution in [0.4, 0.5) is 0 Å². The van der Waals surface area contributed by atoms with E-state index in [1.54, 1.807) is 41.3 Å². The molecule has 1 amide bonds. The fourth-order valence-corrected chi connectivity index (χ4v) is 3.88. The van der Waals surface area contributed by atoms with Crippen LogP contribution in [0.25, 0.3) is 0 Å². The number of hydrogen-bond acceptors (Lipinski definition) is 6. The summed E-state index contributed by atoms with van der Waals surface area (Å²) in [6.07, 6.45) is 2.20. The third kappa shape index (κ3) is 5.71. The Morgan fingerprint density at radius 3 is 2.38 bits per heavy atom. The van der Waals surface area contributed by atoms with Crippen molar-refractivity contribution in [3.63, 3.8) is 0 Å². The molecule has 3 rings (SSSR count). The van der Waals surface area contributed by atoms with Gasteiger partial charge in [0.2, 0.25) is 5.91 Å². The van der Waals surface area contributed by atoms with Crippen molar-refractivity contribution in [1.82, 2.24) is 4.90 Å². The molecule has 0 spiro atoms. The first kappa shape index (κ1) is 21.1. The summed E-state index contributed by atoms with van der Waals surface area (Å²) in [5.41, 5.74) is 0.620. The van der Waals surface area contributed by atoms with Crippen LogP contribution in [0.1, 0.15) is 18.4 Å². The molecule has 0 saturated heterocycles. The predicted molar refractivity (Wildman–Crippen MR) is 107 cm³/mol. The summed E-state index contributed by atoms with van der Waals surface area (Å²) in [7, 11) is -1.04. The van der Waals surface area contributed by atoms with Crippen LogP contribution in [0.3, 0.4) is 0 Å². The van der Waals surface area contributed by atoms with E-state index in [1.807, 2.05) is 0 Å². The molecule has 1 aliphatic carbocycles. The molecule has 0 heterocycles. The summed E-state index contributed by atoms with van der Waals surface area (Å²) in [4.78, 5) is 14.1. The van der Waals surface area contributed by atoms with Crippen molar-refractivity contribution in [3.8, 4) is 11.5 Å². The molecule has 7 nitrogen and oxygen atoms in total. The van der Waals surface area contributed by atoms with Gasteiger partial charge in [-0.3, -0.25) is 4.79 Å². The molecule has 1 aliphatic rings. The van der Waals surface area contributed by atoms with Crippen molar-refractivity contribution in [3.05, 3.63) is 54.1 Å². The van der Waals surface area contributed by atoms with E-state index >= 15 is 0 Å². The van der Waals surface area contributed by atoms with E-state index < -0.39 is 10.1 Å². The van der Waals surface area contributed by atoms with E-state index in [9.17, 15) is 13.2 Å². The van der Waals surface area contributed by atoms with E-state index in [2.05, 4.69) is 0 Å². The maximum absolute atomic E-state index is 12.7. The van der Waals surface area contributed by atoms with Crippen molar-refractivity contribution in [1.29, 1.82) is 0 Å². The fraction of sp³-hybridized carbons (Fsp3) is 0.381. The van der Waals surface area contributed by atoms with Crippen LogP contribution in [0.2, 0.25) is 0 Å². The second-order valence-electron chi connectivity index (χ2n) is 6.97. The molecule has 29 heavy (non-hydrogen) atoms. The molecule has 1 saturated carbocycles. The molecule has 8 heteroatoms. The SMILES string of the molecule is COCC(=O)N(Cc1ccccc1OS(=O)(=O)c1ccc(OC)cc1)CC1CC1. The quantitative estimate of drug-likeness (QED) is 0.551. The largest absolute Gasteiger partial charge is 0.497 e. The minimum absolute atomic E-state index is 0.0140. The zero-order valence-electron chi connectivity index (χ0n) is 16.5. The van der Waals surface area contributed by atoms with Gasteiger partial charge in [0, 0.05) is 25.8 Å². The Labute approximate surface area is 171 Å². The molecule has 0 N–H and O–H groups in total. The molecule has 0 radical (unpaired) electrons. The topological polar surface area (TPSA) is 82.1 Å². The zero-order chi connectivity index (χ0) is 20.9. The van der Waals surface area contributed by atoms with Gasteiger partial charge in [-0.1, -0.05) is 18.2 Å². The highest BCUT2D eigenvalue weighted by molar-refractivity contribution is 7.87. The van der Waals surface area contributed by atoms with Crippen LogP contribution >= 0.6 is 0 Å². The Balaban J connectivity index is 1.80. The van der Waals surface area contributed by atoms with Crippen LogP contribution in [0, 0.1) is 5.92 Å². The number of amides is 1. The summed E-state index contributed by atoms with van der Waals surface area (Å²) in [6.45, 7) is 0.870. The highest BCUT2D eigenvalue weighted by Gasteiger charge is 2.28. The minimum atomic E-state index is -4.02. The number of ether oxygens (including phenoxy) is 2. The summed E-state index contributed by atoms with van der Waals surface area (Å²) in [5.74, 6) is 1.12. The van der Waals surface area contributed by atoms with E-state index in [0.29, 0.717) is 23.8 Å². The minimum Gasteiger partial charge on any atom is -0.497 e. The third-order valence-electron chi connectivity index (χ3n) is 4.68. The van der Waals surface area contributed by atoms with E-state index in [1.165, 1.54) is 26.4 Å². The summed E-state index contributed by atoms with van der Waals surface area (Å²) < 4.78 is 40.9. The van der Waals surface area contributed by atoms with Crippen LogP contribution < -0.4 is 8.92 Å². The Bertz CT molecular complexity index is 938. The standard InChI is InChI=1S/C21H25NO6S/c1-26-15-21(23)22(13-16-7-8-16)14-17-5-3-4-6-20(17)28-29(24,25)19-11-9-18(27-2)10-12-19/h3-6,9-12,16H,7-8,13-15H2,1-2H3. The van der Waals surface area contributed by atoms with Gasteiger partial charge in [-0.2, -0.15) is 8.42 Å². The maximum Gasteiger partial charge on any atom is 0.339 e. The number of hydrogen-bond donors (Lipinski definition) is 0. The fourth-order valence-electron chi connectivity index (χ4n) is 2.91. The first-order valence-corrected chi connectivity index (χ1v) is 10.8. The molecular formula is C21H25NO6S. The van der Waals surface area contributed by atoms with Gasteiger partial charge >= 0.3 is 10.1 Å². The number of para-hydroxylation sites is 1. The summed E-state index contributed by atoms with van der Waals surface area (Å²) in [5, 5.41) is 0. The van der Waals surface area contributed by atoms with Crippen molar-refractivity contribution >= 4 is 16.0 Å². The molecular weight excluding hydrogens is 394 g/mol. The number of methoxy groups -OCH3 is 2. The molecule has 0 bridgehead atoms. The van der Waals surface area contributed by atoms with E-state index in [4.69, 9.17) is 13.7 Å². The van der Waals surface area contributed by atoms with Gasteiger partial charge in [-0.25, -0.2) is 0 Å². The molecule has 2 aromatic rings. The molecule has 0 aliphatic heterocycles. The normalized spacial score (nSPS) is 13.7. The second-order valence-corrected chi connectivity index (χ2v) is 8.52. The third-order valence-corrected chi connectivity index (χ3v) is 5.93. The van der Waals surface area contributed by atoms with Gasteiger partial charge in [-0.05, 0) is 49.1 Å². The van der Waals surface area contributed by atoms with Crippen LogP contribution in [-0.4, -0.2) is 46.6 Å². The van der Waals surface area contributed by atoms with Gasteiger partial charge < -0.3 is 18.6 Å². The zero-order valence-corrected chi connectivity index (χ0v) is 17.4. The van der Waals surface area contributed by atoms with Crippen molar-refractivity contribution < 1.29 is 26.9 Å². The Morgan fingerprint density at radius 2 is 1.76 bits per heavy atom. The smallest absolute Gasteiger partial charge is 0.339 e. The monoisotopic (exact) mass is 419 g/mol. The van der Waals surface area contributed by atoms with Crippen molar-refractivity contribution in [2.45, 2.75) is 24.3 Å². The van der Waals surface area contributed by atoms with E-state index in [-0.39, 0.29) is 29.7 Å². The molecule has 2 aromatic carbocycles. The number of nitrogens with zero attached hydrogens (tertiary/aromatic N) is 1. The highest BCUT2D eigenvalue weighted by atomic mass is 32.2. The molecule has 0 atom stereocenters. The Morgan fingerprint density at radius 1 is 1.07 bits per heavy atom. The first-order valence-electron chi connectivity index (χ1n) is 9.36. The van der Waals surface area contributed by atoms with Gasteiger partial charge in [0.1, 0.15) is 23.0 Å². The molecule has 0 aromatic heterocycles. The lowest BCUT2D eigenvalue weighted by Crippen LogP contribution is -2.35. The lowest BCUT2D eigenvalue weighted by atomic mass is 10.2. The highest BCUT2D eigenvalue weighted by Crippen LogP contribution is 2.31. The Kier molecular flexibility index (Phi) is 6.76. The number of carbonyl (C=O) groups excluding carboxylic acids is 1. The van der Waals surface area contributed by atoms with Crippen LogP contribution in [0.15, 0.2) is 53.4 Å².